The summed E-state index contributed by atoms with van der Waals surface area (Å²) in [5, 5.41) is 2.72. The zero-order valence-electron chi connectivity index (χ0n) is 10.5. The van der Waals surface area contributed by atoms with E-state index in [1.807, 2.05) is 5.43 Å². The zero-order chi connectivity index (χ0) is 14.8. The summed E-state index contributed by atoms with van der Waals surface area (Å²) in [6.45, 7) is 1.97. The number of hydrazine groups is 1. The van der Waals surface area contributed by atoms with E-state index in [1.54, 1.807) is 19.1 Å². The van der Waals surface area contributed by atoms with Gasteiger partial charge in [-0.1, -0.05) is 0 Å². The van der Waals surface area contributed by atoms with Crippen LogP contribution in [-0.2, 0) is 12.7 Å². The van der Waals surface area contributed by atoms with Gasteiger partial charge in [0.15, 0.2) is 5.69 Å². The van der Waals surface area contributed by atoms with Gasteiger partial charge in [-0.25, -0.2) is 10.8 Å². The maximum Gasteiger partial charge on any atom is 0.433 e. The van der Waals surface area contributed by atoms with Crippen LogP contribution in [0.1, 0.15) is 17.2 Å². The lowest BCUT2D eigenvalue weighted by molar-refractivity contribution is -0.141. The smallest absolute Gasteiger partial charge is 0.433 e. The van der Waals surface area contributed by atoms with E-state index in [9.17, 15) is 13.2 Å². The van der Waals surface area contributed by atoms with E-state index in [2.05, 4.69) is 15.3 Å². The van der Waals surface area contributed by atoms with Gasteiger partial charge in [0.1, 0.15) is 17.3 Å². The number of hydrogen-bond acceptors (Lipinski definition) is 6. The van der Waals surface area contributed by atoms with E-state index < -0.39 is 11.9 Å². The molecule has 0 radical (unpaired) electrons. The Kier molecular flexibility index (Phi) is 3.79. The third kappa shape index (κ3) is 3.38. The fourth-order valence-electron chi connectivity index (χ4n) is 1.51. The second kappa shape index (κ2) is 5.37. The van der Waals surface area contributed by atoms with Gasteiger partial charge in [0.25, 0.3) is 0 Å². The van der Waals surface area contributed by atoms with Crippen molar-refractivity contribution in [3.05, 3.63) is 35.4 Å². The van der Waals surface area contributed by atoms with Gasteiger partial charge in [0, 0.05) is 6.07 Å². The summed E-state index contributed by atoms with van der Waals surface area (Å²) in [5.74, 6) is 6.02. The molecule has 0 spiro atoms. The van der Waals surface area contributed by atoms with Gasteiger partial charge in [0.2, 0.25) is 5.95 Å². The minimum absolute atomic E-state index is 0.00525. The molecule has 108 valence electrons. The number of halogens is 3. The van der Waals surface area contributed by atoms with Crippen LogP contribution in [0.4, 0.5) is 24.9 Å². The van der Waals surface area contributed by atoms with Crippen LogP contribution in [0.25, 0.3) is 0 Å². The van der Waals surface area contributed by atoms with E-state index in [-0.39, 0.29) is 18.3 Å². The van der Waals surface area contributed by atoms with Crippen LogP contribution in [0.2, 0.25) is 0 Å². The Morgan fingerprint density at radius 2 is 2.05 bits per heavy atom. The second-order valence-corrected chi connectivity index (χ2v) is 3.97. The highest BCUT2D eigenvalue weighted by Crippen LogP contribution is 2.29. The Hall–Kier alpha value is -2.29. The number of nitrogen functional groups attached to an aromatic ring is 1. The second-order valence-electron chi connectivity index (χ2n) is 3.97. The molecular weight excluding hydrogens is 275 g/mol. The van der Waals surface area contributed by atoms with Crippen LogP contribution < -0.4 is 16.6 Å². The van der Waals surface area contributed by atoms with E-state index in [0.29, 0.717) is 11.5 Å². The van der Waals surface area contributed by atoms with Gasteiger partial charge in [-0.05, 0) is 19.1 Å². The van der Waals surface area contributed by atoms with Crippen molar-refractivity contribution in [3.63, 3.8) is 0 Å². The number of anilines is 2. The first-order valence-electron chi connectivity index (χ1n) is 5.60. The highest BCUT2D eigenvalue weighted by atomic mass is 19.4. The van der Waals surface area contributed by atoms with E-state index in [4.69, 9.17) is 10.3 Å². The minimum atomic E-state index is -4.58. The van der Waals surface area contributed by atoms with Crippen LogP contribution in [0.15, 0.2) is 22.6 Å². The van der Waals surface area contributed by atoms with E-state index in [0.717, 1.165) is 6.07 Å². The van der Waals surface area contributed by atoms with Crippen molar-refractivity contribution in [2.24, 2.45) is 5.84 Å². The predicted octanol–water partition coefficient (Wildman–Crippen LogP) is 2.29. The standard InChI is InChI=1S/C11H12F3N5O/c1-6-2-3-7(20-6)5-16-9-4-8(11(12,13)14)17-10(18-9)19-15/h2-4H,5,15H2,1H3,(H2,16,17,18,19). The van der Waals surface area contributed by atoms with Crippen LogP contribution in [0.3, 0.4) is 0 Å². The van der Waals surface area contributed by atoms with Crippen molar-refractivity contribution in [2.75, 3.05) is 10.7 Å². The van der Waals surface area contributed by atoms with Crippen molar-refractivity contribution < 1.29 is 17.6 Å². The average molecular weight is 287 g/mol. The molecule has 0 aliphatic carbocycles. The summed E-state index contributed by atoms with van der Waals surface area (Å²) in [5.41, 5.74) is 0.912. The molecule has 0 atom stereocenters. The maximum absolute atomic E-state index is 12.6. The number of hydrogen-bond donors (Lipinski definition) is 3. The van der Waals surface area contributed by atoms with Crippen LogP contribution in [0, 0.1) is 6.92 Å². The van der Waals surface area contributed by atoms with Crippen molar-refractivity contribution >= 4 is 11.8 Å². The molecule has 4 N–H and O–H groups in total. The molecule has 2 heterocycles. The average Bonchev–Trinajstić information content (AvgIpc) is 2.81. The van der Waals surface area contributed by atoms with Crippen LogP contribution in [0.5, 0.6) is 0 Å². The number of furan rings is 1. The quantitative estimate of drug-likeness (QED) is 0.590. The molecule has 2 rings (SSSR count). The Morgan fingerprint density at radius 3 is 2.60 bits per heavy atom. The molecule has 0 aliphatic heterocycles. The fourth-order valence-corrected chi connectivity index (χ4v) is 1.51. The molecule has 0 bridgehead atoms. The first-order valence-corrected chi connectivity index (χ1v) is 5.60. The molecule has 2 aromatic rings. The van der Waals surface area contributed by atoms with Gasteiger partial charge in [-0.15, -0.1) is 0 Å². The third-order valence-electron chi connectivity index (χ3n) is 2.39. The minimum Gasteiger partial charge on any atom is -0.465 e. The van der Waals surface area contributed by atoms with Gasteiger partial charge in [-0.3, -0.25) is 5.43 Å². The highest BCUT2D eigenvalue weighted by molar-refractivity contribution is 5.42. The number of nitrogens with one attached hydrogen (secondary N) is 2. The number of alkyl halides is 3. The van der Waals surface area contributed by atoms with Crippen LogP contribution >= 0.6 is 0 Å². The molecule has 2 aromatic heterocycles. The Balaban J connectivity index is 2.18. The molecule has 9 heteroatoms. The normalized spacial score (nSPS) is 11.4. The Labute approximate surface area is 112 Å². The van der Waals surface area contributed by atoms with Crippen molar-refractivity contribution in [3.8, 4) is 0 Å². The first-order chi connectivity index (χ1) is 9.38. The van der Waals surface area contributed by atoms with E-state index in [1.165, 1.54) is 0 Å². The van der Waals surface area contributed by atoms with E-state index >= 15 is 0 Å². The Morgan fingerprint density at radius 1 is 1.30 bits per heavy atom. The molecule has 0 amide bonds. The molecule has 0 saturated heterocycles. The Bertz CT molecular complexity index is 596. The van der Waals surface area contributed by atoms with Crippen molar-refractivity contribution in [2.45, 2.75) is 19.6 Å². The molecule has 20 heavy (non-hydrogen) atoms. The molecule has 0 fully saturated rings. The van der Waals surface area contributed by atoms with Gasteiger partial charge < -0.3 is 9.73 Å². The number of nitrogens with zero attached hydrogens (tertiary/aromatic N) is 2. The molecule has 6 nitrogen and oxygen atoms in total. The molecular formula is C11H12F3N5O. The van der Waals surface area contributed by atoms with Crippen LogP contribution in [-0.4, -0.2) is 9.97 Å². The van der Waals surface area contributed by atoms with Gasteiger partial charge >= 0.3 is 6.18 Å². The van der Waals surface area contributed by atoms with Gasteiger partial charge in [0.05, 0.1) is 6.54 Å². The monoisotopic (exact) mass is 287 g/mol. The summed E-state index contributed by atoms with van der Waals surface area (Å²) < 4.78 is 43.2. The first kappa shape index (κ1) is 14.1. The van der Waals surface area contributed by atoms with Crippen molar-refractivity contribution in [1.29, 1.82) is 0 Å². The van der Waals surface area contributed by atoms with Gasteiger partial charge in [-0.2, -0.15) is 18.2 Å². The number of nitrogens with two attached hydrogens (primary N) is 1. The largest absolute Gasteiger partial charge is 0.465 e. The lowest BCUT2D eigenvalue weighted by Gasteiger charge is -2.10. The predicted molar refractivity (Wildman–Crippen MR) is 65.6 cm³/mol. The maximum atomic E-state index is 12.6. The third-order valence-corrected chi connectivity index (χ3v) is 2.39. The lowest BCUT2D eigenvalue weighted by Crippen LogP contribution is -2.16. The zero-order valence-corrected chi connectivity index (χ0v) is 10.5. The van der Waals surface area contributed by atoms with Crippen molar-refractivity contribution in [1.82, 2.24) is 9.97 Å². The SMILES string of the molecule is Cc1ccc(CNc2cc(C(F)(F)F)nc(NN)n2)o1. The number of aromatic nitrogens is 2. The summed E-state index contributed by atoms with van der Waals surface area (Å²) in [7, 11) is 0. The summed E-state index contributed by atoms with van der Waals surface area (Å²) in [6.07, 6.45) is -4.58. The fraction of sp³-hybridized carbons (Fsp3) is 0.273. The molecule has 0 unspecified atom stereocenters. The highest BCUT2D eigenvalue weighted by Gasteiger charge is 2.33. The topological polar surface area (TPSA) is 89.0 Å². The summed E-state index contributed by atoms with van der Waals surface area (Å²) >= 11 is 0. The number of rotatable bonds is 4. The summed E-state index contributed by atoms with van der Waals surface area (Å²) in [4.78, 5) is 7.03. The number of aryl methyl sites for hydroxylation is 1. The molecule has 0 aliphatic rings. The molecule has 0 saturated carbocycles. The molecule has 0 aromatic carbocycles. The lowest BCUT2D eigenvalue weighted by atomic mass is 10.3. The summed E-state index contributed by atoms with van der Waals surface area (Å²) in [6, 6.07) is 4.28.